The van der Waals surface area contributed by atoms with Crippen molar-refractivity contribution in [2.24, 2.45) is 0 Å². The van der Waals surface area contributed by atoms with E-state index in [1.54, 1.807) is 12.1 Å². The topological polar surface area (TPSA) is 62.5 Å². The van der Waals surface area contributed by atoms with Gasteiger partial charge in [-0.2, -0.15) is 0 Å². The van der Waals surface area contributed by atoms with Gasteiger partial charge in [0.15, 0.2) is 5.76 Å². The van der Waals surface area contributed by atoms with Crippen LogP contribution in [0.3, 0.4) is 0 Å². The smallest absolute Gasteiger partial charge is 0.287 e. The van der Waals surface area contributed by atoms with E-state index >= 15 is 0 Å². The maximum absolute atomic E-state index is 12.1. The average Bonchev–Trinajstić information content (AvgIpc) is 2.97. The predicted molar refractivity (Wildman–Crippen MR) is 76.4 cm³/mol. The van der Waals surface area contributed by atoms with Crippen molar-refractivity contribution in [1.29, 1.82) is 0 Å². The van der Waals surface area contributed by atoms with Gasteiger partial charge in [0.25, 0.3) is 5.91 Å². The zero-order chi connectivity index (χ0) is 14.4. The first kappa shape index (κ1) is 14.3. The number of hydrogen-bond donors (Lipinski definition) is 2. The highest BCUT2D eigenvalue weighted by molar-refractivity contribution is 5.91. The lowest BCUT2D eigenvalue weighted by Gasteiger charge is -2.17. The van der Waals surface area contributed by atoms with E-state index in [1.807, 2.05) is 37.3 Å². The Morgan fingerprint density at radius 1 is 1.25 bits per heavy atom. The van der Waals surface area contributed by atoms with E-state index in [9.17, 15) is 4.79 Å². The molecule has 1 unspecified atom stereocenters. The second-order valence-electron chi connectivity index (χ2n) is 4.57. The van der Waals surface area contributed by atoms with Gasteiger partial charge in [0.05, 0.1) is 6.04 Å². The van der Waals surface area contributed by atoms with Crippen molar-refractivity contribution in [1.82, 2.24) is 5.32 Å². The minimum absolute atomic E-state index is 0.0121. The molecule has 0 spiro atoms. The second-order valence-corrected chi connectivity index (χ2v) is 4.57. The van der Waals surface area contributed by atoms with Gasteiger partial charge in [0, 0.05) is 13.0 Å². The molecule has 1 amide bonds. The van der Waals surface area contributed by atoms with E-state index in [4.69, 9.17) is 9.52 Å². The largest absolute Gasteiger partial charge is 0.456 e. The van der Waals surface area contributed by atoms with E-state index in [1.165, 1.54) is 0 Å². The number of rotatable bonds is 6. The lowest BCUT2D eigenvalue weighted by Crippen LogP contribution is -2.28. The molecule has 0 aliphatic rings. The van der Waals surface area contributed by atoms with Gasteiger partial charge >= 0.3 is 0 Å². The summed E-state index contributed by atoms with van der Waals surface area (Å²) in [6.07, 6.45) is 1.23. The van der Waals surface area contributed by atoms with Crippen molar-refractivity contribution in [2.75, 3.05) is 6.61 Å². The van der Waals surface area contributed by atoms with Crippen molar-refractivity contribution in [3.05, 3.63) is 59.5 Å². The van der Waals surface area contributed by atoms with Crippen LogP contribution in [0.15, 0.2) is 46.9 Å². The fourth-order valence-corrected chi connectivity index (χ4v) is 2.06. The molecule has 0 saturated carbocycles. The molecule has 0 aliphatic heterocycles. The van der Waals surface area contributed by atoms with Gasteiger partial charge in [-0.1, -0.05) is 37.3 Å². The van der Waals surface area contributed by atoms with Crippen molar-refractivity contribution in [3.8, 4) is 0 Å². The summed E-state index contributed by atoms with van der Waals surface area (Å²) in [4.78, 5) is 12.1. The third kappa shape index (κ3) is 3.48. The molecule has 106 valence electrons. The van der Waals surface area contributed by atoms with Crippen LogP contribution in [0.1, 0.15) is 41.3 Å². The van der Waals surface area contributed by atoms with Crippen LogP contribution < -0.4 is 5.32 Å². The number of benzene rings is 1. The number of nitrogens with one attached hydrogen (secondary N) is 1. The van der Waals surface area contributed by atoms with Crippen LogP contribution in [0.25, 0.3) is 0 Å². The summed E-state index contributed by atoms with van der Waals surface area (Å²) < 4.78 is 5.43. The van der Waals surface area contributed by atoms with Crippen LogP contribution in [0.4, 0.5) is 0 Å². The maximum atomic E-state index is 12.1. The molecule has 0 aliphatic carbocycles. The molecular formula is C16H19NO3. The van der Waals surface area contributed by atoms with E-state index in [-0.39, 0.29) is 18.6 Å². The van der Waals surface area contributed by atoms with Crippen LogP contribution in [0.2, 0.25) is 0 Å². The third-order valence-corrected chi connectivity index (χ3v) is 3.16. The summed E-state index contributed by atoms with van der Waals surface area (Å²) in [5.74, 6) is 0.835. The Labute approximate surface area is 118 Å². The second kappa shape index (κ2) is 6.91. The van der Waals surface area contributed by atoms with E-state index < -0.39 is 0 Å². The van der Waals surface area contributed by atoms with Gasteiger partial charge in [-0.05, 0) is 24.1 Å². The summed E-state index contributed by atoms with van der Waals surface area (Å²) in [7, 11) is 0. The van der Waals surface area contributed by atoms with Gasteiger partial charge in [0.1, 0.15) is 5.76 Å². The minimum Gasteiger partial charge on any atom is -0.456 e. The van der Waals surface area contributed by atoms with Gasteiger partial charge in [0.2, 0.25) is 0 Å². The molecule has 0 saturated heterocycles. The number of aryl methyl sites for hydroxylation is 1. The average molecular weight is 273 g/mol. The highest BCUT2D eigenvalue weighted by Crippen LogP contribution is 2.17. The molecule has 2 N–H and O–H groups in total. The zero-order valence-electron chi connectivity index (χ0n) is 11.5. The summed E-state index contributed by atoms with van der Waals surface area (Å²) in [5, 5.41) is 12.0. The monoisotopic (exact) mass is 273 g/mol. The van der Waals surface area contributed by atoms with Gasteiger partial charge in [-0.3, -0.25) is 4.79 Å². The van der Waals surface area contributed by atoms with Crippen molar-refractivity contribution >= 4 is 5.91 Å². The zero-order valence-corrected chi connectivity index (χ0v) is 11.5. The van der Waals surface area contributed by atoms with E-state index in [0.717, 1.165) is 17.7 Å². The Bertz CT molecular complexity index is 548. The fourth-order valence-electron chi connectivity index (χ4n) is 2.06. The number of hydrogen-bond acceptors (Lipinski definition) is 3. The quantitative estimate of drug-likeness (QED) is 0.850. The van der Waals surface area contributed by atoms with Crippen molar-refractivity contribution in [3.63, 3.8) is 0 Å². The number of aliphatic hydroxyl groups is 1. The summed E-state index contributed by atoms with van der Waals surface area (Å²) in [5.41, 5.74) is 0.970. The van der Waals surface area contributed by atoms with Crippen LogP contribution in [0.5, 0.6) is 0 Å². The molecule has 2 aromatic rings. The van der Waals surface area contributed by atoms with Crippen LogP contribution in [-0.2, 0) is 6.42 Å². The molecule has 20 heavy (non-hydrogen) atoms. The molecule has 4 heteroatoms. The predicted octanol–water partition coefficient (Wildman–Crippen LogP) is 2.70. The first-order valence-electron chi connectivity index (χ1n) is 6.80. The first-order valence-corrected chi connectivity index (χ1v) is 6.80. The first-order chi connectivity index (χ1) is 9.74. The Kier molecular flexibility index (Phi) is 4.96. The standard InChI is InChI=1S/C16H19NO3/c1-2-13-8-9-15(20-13)16(19)17-14(10-11-18)12-6-4-3-5-7-12/h3-9,14,18H,2,10-11H2,1H3,(H,17,19). The third-order valence-electron chi connectivity index (χ3n) is 3.16. The van der Waals surface area contributed by atoms with Crippen LogP contribution in [-0.4, -0.2) is 17.6 Å². The number of carbonyl (C=O) groups is 1. The highest BCUT2D eigenvalue weighted by Gasteiger charge is 2.17. The van der Waals surface area contributed by atoms with E-state index in [2.05, 4.69) is 5.32 Å². The highest BCUT2D eigenvalue weighted by atomic mass is 16.3. The SMILES string of the molecule is CCc1ccc(C(=O)NC(CCO)c2ccccc2)o1. The molecule has 1 aromatic carbocycles. The Morgan fingerprint density at radius 3 is 2.60 bits per heavy atom. The lowest BCUT2D eigenvalue weighted by atomic mass is 10.0. The lowest BCUT2D eigenvalue weighted by molar-refractivity contribution is 0.0900. The Morgan fingerprint density at radius 2 is 2.00 bits per heavy atom. The van der Waals surface area contributed by atoms with Crippen molar-refractivity contribution in [2.45, 2.75) is 25.8 Å². The van der Waals surface area contributed by atoms with Crippen molar-refractivity contribution < 1.29 is 14.3 Å². The number of amides is 1. The Balaban J connectivity index is 2.10. The van der Waals surface area contributed by atoms with Gasteiger partial charge < -0.3 is 14.8 Å². The molecule has 0 fully saturated rings. The molecule has 1 aromatic heterocycles. The van der Waals surface area contributed by atoms with Crippen LogP contribution in [0, 0.1) is 0 Å². The van der Waals surface area contributed by atoms with Crippen LogP contribution >= 0.6 is 0 Å². The summed E-state index contributed by atoms with van der Waals surface area (Å²) in [6.45, 7) is 1.98. The van der Waals surface area contributed by atoms with Gasteiger partial charge in [-0.15, -0.1) is 0 Å². The normalized spacial score (nSPS) is 12.1. The minimum atomic E-state index is -0.257. The molecule has 1 atom stereocenters. The molecular weight excluding hydrogens is 254 g/mol. The number of carbonyl (C=O) groups excluding carboxylic acids is 1. The molecule has 4 nitrogen and oxygen atoms in total. The number of aliphatic hydroxyl groups excluding tert-OH is 1. The molecule has 0 radical (unpaired) electrons. The molecule has 1 heterocycles. The fraction of sp³-hybridized carbons (Fsp3) is 0.312. The maximum Gasteiger partial charge on any atom is 0.287 e. The molecule has 2 rings (SSSR count). The Hall–Kier alpha value is -2.07. The van der Waals surface area contributed by atoms with Gasteiger partial charge in [-0.25, -0.2) is 0 Å². The summed E-state index contributed by atoms with van der Waals surface area (Å²) in [6, 6.07) is 12.9. The summed E-state index contributed by atoms with van der Waals surface area (Å²) >= 11 is 0. The number of furan rings is 1. The molecule has 0 bridgehead atoms. The van der Waals surface area contributed by atoms with E-state index in [0.29, 0.717) is 12.2 Å².